The highest BCUT2D eigenvalue weighted by atomic mass is 16.7. The summed E-state index contributed by atoms with van der Waals surface area (Å²) in [6, 6.07) is 7.63. The van der Waals surface area contributed by atoms with E-state index in [0.717, 1.165) is 43.4 Å². The highest BCUT2D eigenvalue weighted by Crippen LogP contribution is 2.38. The van der Waals surface area contributed by atoms with Crippen molar-refractivity contribution in [3.63, 3.8) is 0 Å². The fraction of sp³-hybridized carbons (Fsp3) is 0.684. The molecule has 1 saturated heterocycles. The van der Waals surface area contributed by atoms with Gasteiger partial charge >= 0.3 is 0 Å². The number of aliphatic hydroxyl groups is 1. The Morgan fingerprint density at radius 2 is 1.96 bits per heavy atom. The first-order valence-corrected chi connectivity index (χ1v) is 8.85. The van der Waals surface area contributed by atoms with Crippen LogP contribution < -0.4 is 4.74 Å². The average molecular weight is 320 g/mol. The Kier molecular flexibility index (Phi) is 5.57. The maximum absolute atomic E-state index is 10.3. The van der Waals surface area contributed by atoms with Crippen molar-refractivity contribution in [2.24, 2.45) is 0 Å². The van der Waals surface area contributed by atoms with E-state index in [-0.39, 0.29) is 11.9 Å². The summed E-state index contributed by atoms with van der Waals surface area (Å²) in [5, 5.41) is 10.3. The molecule has 1 aromatic rings. The third-order valence-corrected chi connectivity index (χ3v) is 5.03. The first-order valence-electron chi connectivity index (χ1n) is 8.85. The van der Waals surface area contributed by atoms with Crippen molar-refractivity contribution in [2.45, 2.75) is 69.4 Å². The molecule has 4 heteroatoms. The summed E-state index contributed by atoms with van der Waals surface area (Å²) in [5.41, 5.74) is 0.943. The summed E-state index contributed by atoms with van der Waals surface area (Å²) < 4.78 is 17.3. The lowest BCUT2D eigenvalue weighted by Crippen LogP contribution is -2.33. The highest BCUT2D eigenvalue weighted by Gasteiger charge is 2.41. The number of hydrogen-bond acceptors (Lipinski definition) is 4. The normalized spacial score (nSPS) is 24.7. The Hall–Kier alpha value is -1.10. The Morgan fingerprint density at radius 1 is 1.22 bits per heavy atom. The second-order valence-electron chi connectivity index (χ2n) is 6.74. The summed E-state index contributed by atoms with van der Waals surface area (Å²) >= 11 is 0. The van der Waals surface area contributed by atoms with Gasteiger partial charge in [-0.3, -0.25) is 0 Å². The van der Waals surface area contributed by atoms with Gasteiger partial charge in [-0.25, -0.2) is 0 Å². The quantitative estimate of drug-likeness (QED) is 0.861. The molecule has 0 amide bonds. The highest BCUT2D eigenvalue weighted by molar-refractivity contribution is 5.28. The predicted octanol–water partition coefficient (Wildman–Crippen LogP) is 3.97. The monoisotopic (exact) mass is 320 g/mol. The lowest BCUT2D eigenvalue weighted by atomic mass is 9.94. The number of rotatable bonds is 6. The molecule has 2 fully saturated rings. The van der Waals surface area contributed by atoms with Crippen molar-refractivity contribution < 1.29 is 19.3 Å². The third kappa shape index (κ3) is 4.25. The van der Waals surface area contributed by atoms with Gasteiger partial charge in [-0.15, -0.1) is 0 Å². The minimum atomic E-state index is -0.424. The molecule has 1 heterocycles. The Bertz CT molecular complexity index is 479. The zero-order valence-corrected chi connectivity index (χ0v) is 14.0. The van der Waals surface area contributed by atoms with Gasteiger partial charge in [0.15, 0.2) is 5.79 Å². The molecule has 4 nitrogen and oxygen atoms in total. The van der Waals surface area contributed by atoms with Gasteiger partial charge in [0, 0.05) is 12.8 Å². The van der Waals surface area contributed by atoms with E-state index in [4.69, 9.17) is 14.2 Å². The van der Waals surface area contributed by atoms with E-state index >= 15 is 0 Å². The van der Waals surface area contributed by atoms with Crippen LogP contribution in [-0.4, -0.2) is 30.7 Å². The van der Waals surface area contributed by atoms with E-state index in [0.29, 0.717) is 6.61 Å². The van der Waals surface area contributed by atoms with E-state index in [9.17, 15) is 5.11 Å². The van der Waals surface area contributed by atoms with Crippen LogP contribution in [0.2, 0.25) is 0 Å². The van der Waals surface area contributed by atoms with E-state index in [1.54, 1.807) is 7.11 Å². The summed E-state index contributed by atoms with van der Waals surface area (Å²) in [5.74, 6) is 0.535. The molecule has 128 valence electrons. The first kappa shape index (κ1) is 16.7. The number of methoxy groups -OCH3 is 1. The smallest absolute Gasteiger partial charge is 0.168 e. The Morgan fingerprint density at radius 3 is 2.65 bits per heavy atom. The zero-order valence-electron chi connectivity index (χ0n) is 14.0. The third-order valence-electron chi connectivity index (χ3n) is 5.03. The lowest BCUT2D eigenvalue weighted by molar-refractivity contribution is -0.187. The molecule has 1 spiro atoms. The minimum absolute atomic E-state index is 0.191. The molecule has 1 aliphatic heterocycles. The van der Waals surface area contributed by atoms with Crippen LogP contribution in [0.5, 0.6) is 5.75 Å². The summed E-state index contributed by atoms with van der Waals surface area (Å²) in [7, 11) is 1.65. The van der Waals surface area contributed by atoms with Crippen LogP contribution in [0.25, 0.3) is 0 Å². The minimum Gasteiger partial charge on any atom is -0.497 e. The summed E-state index contributed by atoms with van der Waals surface area (Å²) in [6.45, 7) is 0.707. The van der Waals surface area contributed by atoms with Crippen molar-refractivity contribution in [2.75, 3.05) is 13.7 Å². The van der Waals surface area contributed by atoms with Crippen LogP contribution in [0.15, 0.2) is 24.3 Å². The summed E-state index contributed by atoms with van der Waals surface area (Å²) in [6.07, 6.45) is 8.21. The molecule has 2 aliphatic rings. The first-order chi connectivity index (χ1) is 11.2. The second kappa shape index (κ2) is 7.65. The van der Waals surface area contributed by atoms with Crippen LogP contribution in [0.3, 0.4) is 0 Å². The average Bonchev–Trinajstić information content (AvgIpc) is 2.98. The largest absolute Gasteiger partial charge is 0.497 e. The fourth-order valence-electron chi connectivity index (χ4n) is 3.64. The van der Waals surface area contributed by atoms with E-state index in [1.807, 2.05) is 24.3 Å². The number of aliphatic hydroxyl groups excluding tert-OH is 1. The lowest BCUT2D eigenvalue weighted by Gasteiger charge is -2.31. The maximum Gasteiger partial charge on any atom is 0.168 e. The molecular weight excluding hydrogens is 292 g/mol. The molecule has 1 N–H and O–H groups in total. The van der Waals surface area contributed by atoms with Crippen molar-refractivity contribution in [3.05, 3.63) is 29.8 Å². The molecule has 1 saturated carbocycles. The number of hydrogen-bond donors (Lipinski definition) is 1. The van der Waals surface area contributed by atoms with Gasteiger partial charge < -0.3 is 19.3 Å². The standard InChI is InChI=1S/C19H28O4/c1-21-16-10-8-15(9-11-16)18(20)7-5-6-17-14-22-19(23-17)12-3-2-4-13-19/h8-11,17-18,20H,2-7,12-14H2,1H3/t17-,18?/m0/s1. The molecule has 1 aliphatic carbocycles. The molecule has 0 bridgehead atoms. The van der Waals surface area contributed by atoms with Crippen molar-refractivity contribution in [1.29, 1.82) is 0 Å². The van der Waals surface area contributed by atoms with Crippen molar-refractivity contribution in [1.82, 2.24) is 0 Å². The van der Waals surface area contributed by atoms with Gasteiger partial charge in [0.05, 0.1) is 25.9 Å². The summed E-state index contributed by atoms with van der Waals surface area (Å²) in [4.78, 5) is 0. The predicted molar refractivity (Wildman–Crippen MR) is 88.4 cm³/mol. The van der Waals surface area contributed by atoms with Gasteiger partial charge in [0.2, 0.25) is 0 Å². The van der Waals surface area contributed by atoms with Crippen molar-refractivity contribution in [3.8, 4) is 5.75 Å². The molecule has 1 aromatic carbocycles. The van der Waals surface area contributed by atoms with E-state index in [1.165, 1.54) is 19.3 Å². The van der Waals surface area contributed by atoms with E-state index < -0.39 is 6.10 Å². The van der Waals surface area contributed by atoms with E-state index in [2.05, 4.69) is 0 Å². The van der Waals surface area contributed by atoms with Crippen LogP contribution in [0.1, 0.15) is 63.0 Å². The maximum atomic E-state index is 10.3. The topological polar surface area (TPSA) is 47.9 Å². The van der Waals surface area contributed by atoms with Crippen LogP contribution >= 0.6 is 0 Å². The van der Waals surface area contributed by atoms with Crippen LogP contribution in [-0.2, 0) is 9.47 Å². The van der Waals surface area contributed by atoms with Gasteiger partial charge in [0.1, 0.15) is 5.75 Å². The Labute approximate surface area is 138 Å². The molecule has 0 radical (unpaired) electrons. The van der Waals surface area contributed by atoms with Gasteiger partial charge in [-0.2, -0.15) is 0 Å². The zero-order chi connectivity index (χ0) is 16.1. The molecule has 23 heavy (non-hydrogen) atoms. The van der Waals surface area contributed by atoms with Gasteiger partial charge in [-0.1, -0.05) is 18.6 Å². The van der Waals surface area contributed by atoms with Crippen LogP contribution in [0.4, 0.5) is 0 Å². The molecule has 3 rings (SSSR count). The van der Waals surface area contributed by atoms with Crippen molar-refractivity contribution >= 4 is 0 Å². The Balaban J connectivity index is 1.40. The molecule has 2 atom stereocenters. The second-order valence-corrected chi connectivity index (χ2v) is 6.74. The van der Waals surface area contributed by atoms with Gasteiger partial charge in [0.25, 0.3) is 0 Å². The van der Waals surface area contributed by atoms with Crippen LogP contribution in [0, 0.1) is 0 Å². The van der Waals surface area contributed by atoms with Gasteiger partial charge in [-0.05, 0) is 49.8 Å². The molecule has 1 unspecified atom stereocenters. The molecular formula is C19H28O4. The number of benzene rings is 1. The molecule has 0 aromatic heterocycles. The fourth-order valence-corrected chi connectivity index (χ4v) is 3.64. The number of ether oxygens (including phenoxy) is 3. The SMILES string of the molecule is COc1ccc(C(O)CCC[C@H]2COC3(CCCCC3)O2)cc1.